The Labute approximate surface area is 156 Å². The molecule has 0 unspecified atom stereocenters. The number of aryl methyl sites for hydroxylation is 1. The van der Waals surface area contributed by atoms with Crippen molar-refractivity contribution in [3.05, 3.63) is 58.1 Å². The van der Waals surface area contributed by atoms with Gasteiger partial charge in [-0.2, -0.15) is 0 Å². The van der Waals surface area contributed by atoms with Crippen LogP contribution in [-0.2, 0) is 14.8 Å². The van der Waals surface area contributed by atoms with Crippen molar-refractivity contribution in [1.82, 2.24) is 0 Å². The van der Waals surface area contributed by atoms with Crippen molar-refractivity contribution in [2.75, 3.05) is 29.5 Å². The summed E-state index contributed by atoms with van der Waals surface area (Å²) < 4.78 is 30.3. The predicted octanol–water partition coefficient (Wildman–Crippen LogP) is 2.32. The second-order valence-electron chi connectivity index (χ2n) is 5.78. The third-order valence-electron chi connectivity index (χ3n) is 3.71. The molecule has 0 bridgehead atoms. The number of nitro groups is 1. The summed E-state index contributed by atoms with van der Waals surface area (Å²) in [6, 6.07) is 10.4. The van der Waals surface area contributed by atoms with Crippen molar-refractivity contribution in [2.24, 2.45) is 0 Å². The van der Waals surface area contributed by atoms with Gasteiger partial charge in [-0.1, -0.05) is 12.1 Å². The van der Waals surface area contributed by atoms with E-state index >= 15 is 0 Å². The number of ether oxygens (including phenoxy) is 1. The number of anilines is 2. The van der Waals surface area contributed by atoms with Gasteiger partial charge in [-0.25, -0.2) is 8.42 Å². The summed E-state index contributed by atoms with van der Waals surface area (Å²) >= 11 is 0. The second-order valence-corrected chi connectivity index (χ2v) is 7.68. The molecule has 0 atom stereocenters. The van der Waals surface area contributed by atoms with Crippen molar-refractivity contribution < 1.29 is 22.9 Å². The summed E-state index contributed by atoms with van der Waals surface area (Å²) in [4.78, 5) is 22.8. The maximum absolute atomic E-state index is 12.4. The summed E-state index contributed by atoms with van der Waals surface area (Å²) in [7, 11) is -2.37. The Morgan fingerprint density at radius 2 is 1.96 bits per heavy atom. The summed E-state index contributed by atoms with van der Waals surface area (Å²) in [5.74, 6) is -0.0677. The Morgan fingerprint density at radius 1 is 1.26 bits per heavy atom. The van der Waals surface area contributed by atoms with Gasteiger partial charge in [-0.15, -0.1) is 0 Å². The molecule has 2 rings (SSSR count). The van der Waals surface area contributed by atoms with Crippen molar-refractivity contribution >= 4 is 33.0 Å². The standard InChI is InChI=1S/C17H19N3O6S/c1-12-7-8-14(20(22)23)10-16(12)19(27(3,24)25)11-17(21)18-13-5-4-6-15(9-13)26-2/h4-10H,11H2,1-3H3,(H,18,21). The highest BCUT2D eigenvalue weighted by Crippen LogP contribution is 2.27. The van der Waals surface area contributed by atoms with Gasteiger partial charge >= 0.3 is 0 Å². The molecule has 27 heavy (non-hydrogen) atoms. The van der Waals surface area contributed by atoms with E-state index in [9.17, 15) is 23.3 Å². The molecule has 1 amide bonds. The molecule has 0 aromatic heterocycles. The van der Waals surface area contributed by atoms with E-state index in [0.29, 0.717) is 17.0 Å². The van der Waals surface area contributed by atoms with Crippen LogP contribution in [-0.4, -0.2) is 39.2 Å². The van der Waals surface area contributed by atoms with E-state index in [1.807, 2.05) is 0 Å². The van der Waals surface area contributed by atoms with Crippen LogP contribution in [0.2, 0.25) is 0 Å². The molecule has 0 aliphatic carbocycles. The average Bonchev–Trinajstić information content (AvgIpc) is 2.59. The Bertz CT molecular complexity index is 974. The first-order valence-electron chi connectivity index (χ1n) is 7.78. The molecule has 0 fully saturated rings. The molecule has 0 spiro atoms. The minimum absolute atomic E-state index is 0.0764. The Hall–Kier alpha value is -3.14. The first kappa shape index (κ1) is 20.2. The van der Waals surface area contributed by atoms with Crippen LogP contribution in [0, 0.1) is 17.0 Å². The molecule has 0 heterocycles. The average molecular weight is 393 g/mol. The fourth-order valence-corrected chi connectivity index (χ4v) is 3.30. The summed E-state index contributed by atoms with van der Waals surface area (Å²) in [6.45, 7) is 1.08. The number of hydrogen-bond acceptors (Lipinski definition) is 6. The molecule has 0 aliphatic rings. The number of rotatable bonds is 7. The Balaban J connectivity index is 2.31. The lowest BCUT2D eigenvalue weighted by Gasteiger charge is -2.23. The highest BCUT2D eigenvalue weighted by molar-refractivity contribution is 7.92. The van der Waals surface area contributed by atoms with Crippen molar-refractivity contribution in [3.8, 4) is 5.75 Å². The third-order valence-corrected chi connectivity index (χ3v) is 4.84. The molecule has 144 valence electrons. The van der Waals surface area contributed by atoms with E-state index < -0.39 is 27.4 Å². The number of nitrogens with one attached hydrogen (secondary N) is 1. The fourth-order valence-electron chi connectivity index (χ4n) is 2.39. The summed E-state index contributed by atoms with van der Waals surface area (Å²) in [5.41, 5.74) is 0.730. The number of benzene rings is 2. The minimum Gasteiger partial charge on any atom is -0.497 e. The van der Waals surface area contributed by atoms with Crippen LogP contribution in [0.3, 0.4) is 0 Å². The van der Waals surface area contributed by atoms with Crippen LogP contribution in [0.1, 0.15) is 5.56 Å². The van der Waals surface area contributed by atoms with Crippen molar-refractivity contribution in [3.63, 3.8) is 0 Å². The topological polar surface area (TPSA) is 119 Å². The lowest BCUT2D eigenvalue weighted by Crippen LogP contribution is -2.37. The molecular weight excluding hydrogens is 374 g/mol. The zero-order valence-corrected chi connectivity index (χ0v) is 15.8. The fraction of sp³-hybridized carbons (Fsp3) is 0.235. The van der Waals surface area contributed by atoms with Crippen LogP contribution in [0.15, 0.2) is 42.5 Å². The smallest absolute Gasteiger partial charge is 0.271 e. The molecule has 0 saturated heterocycles. The number of methoxy groups -OCH3 is 1. The van der Waals surface area contributed by atoms with Crippen LogP contribution in [0.25, 0.3) is 0 Å². The third kappa shape index (κ3) is 5.17. The Morgan fingerprint density at radius 3 is 2.56 bits per heavy atom. The molecule has 1 N–H and O–H groups in total. The number of nitro benzene ring substituents is 1. The lowest BCUT2D eigenvalue weighted by atomic mass is 10.2. The number of hydrogen-bond donors (Lipinski definition) is 1. The molecule has 9 nitrogen and oxygen atoms in total. The van der Waals surface area contributed by atoms with Gasteiger partial charge in [0, 0.05) is 23.9 Å². The van der Waals surface area contributed by atoms with E-state index in [2.05, 4.69) is 5.32 Å². The number of carbonyl (C=O) groups excluding carboxylic acids is 1. The zero-order valence-electron chi connectivity index (χ0n) is 15.0. The maximum atomic E-state index is 12.4. The van der Waals surface area contributed by atoms with Gasteiger partial charge in [0.05, 0.1) is 24.0 Å². The monoisotopic (exact) mass is 393 g/mol. The maximum Gasteiger partial charge on any atom is 0.271 e. The van der Waals surface area contributed by atoms with Crippen LogP contribution >= 0.6 is 0 Å². The van der Waals surface area contributed by atoms with Crippen molar-refractivity contribution in [2.45, 2.75) is 6.92 Å². The lowest BCUT2D eigenvalue weighted by molar-refractivity contribution is -0.384. The van der Waals surface area contributed by atoms with Gasteiger partial charge in [0.2, 0.25) is 15.9 Å². The number of sulfonamides is 1. The van der Waals surface area contributed by atoms with Crippen LogP contribution in [0.4, 0.5) is 17.1 Å². The second kappa shape index (κ2) is 8.04. The van der Waals surface area contributed by atoms with Gasteiger partial charge in [-0.05, 0) is 24.6 Å². The SMILES string of the molecule is COc1cccc(NC(=O)CN(c2cc([N+](=O)[O-])ccc2C)S(C)(=O)=O)c1. The summed E-state index contributed by atoms with van der Waals surface area (Å²) in [5, 5.41) is 13.6. The number of nitrogens with zero attached hydrogens (tertiary/aromatic N) is 2. The van der Waals surface area contributed by atoms with E-state index in [1.54, 1.807) is 31.2 Å². The minimum atomic E-state index is -3.86. The molecule has 2 aromatic rings. The summed E-state index contributed by atoms with van der Waals surface area (Å²) in [6.07, 6.45) is 0.935. The van der Waals surface area contributed by atoms with Gasteiger partial charge in [0.25, 0.3) is 5.69 Å². The number of carbonyl (C=O) groups is 1. The largest absolute Gasteiger partial charge is 0.497 e. The predicted molar refractivity (Wildman–Crippen MR) is 102 cm³/mol. The van der Waals surface area contributed by atoms with E-state index in [-0.39, 0.29) is 11.4 Å². The normalized spacial score (nSPS) is 10.9. The molecule has 0 aliphatic heterocycles. The molecular formula is C17H19N3O6S. The quantitative estimate of drug-likeness (QED) is 0.569. The molecule has 10 heteroatoms. The van der Waals surface area contributed by atoms with E-state index in [1.165, 1.54) is 19.2 Å². The van der Waals surface area contributed by atoms with Crippen molar-refractivity contribution in [1.29, 1.82) is 0 Å². The molecule has 0 saturated carbocycles. The highest BCUT2D eigenvalue weighted by atomic mass is 32.2. The van der Waals surface area contributed by atoms with Gasteiger partial charge < -0.3 is 10.1 Å². The first-order chi connectivity index (χ1) is 12.6. The number of amides is 1. The number of non-ortho nitro benzene ring substituents is 1. The van der Waals surface area contributed by atoms with E-state index in [0.717, 1.165) is 16.6 Å². The highest BCUT2D eigenvalue weighted by Gasteiger charge is 2.24. The van der Waals surface area contributed by atoms with Gasteiger partial charge in [0.1, 0.15) is 12.3 Å². The van der Waals surface area contributed by atoms with Gasteiger partial charge in [-0.3, -0.25) is 19.2 Å². The molecule has 2 aromatic carbocycles. The van der Waals surface area contributed by atoms with E-state index in [4.69, 9.17) is 4.74 Å². The first-order valence-corrected chi connectivity index (χ1v) is 9.63. The van der Waals surface area contributed by atoms with Crippen LogP contribution in [0.5, 0.6) is 5.75 Å². The van der Waals surface area contributed by atoms with Gasteiger partial charge in [0.15, 0.2) is 0 Å². The molecule has 0 radical (unpaired) electrons. The Kier molecular flexibility index (Phi) is 6.01. The van der Waals surface area contributed by atoms with Crippen LogP contribution < -0.4 is 14.4 Å². The zero-order chi connectivity index (χ0) is 20.2.